The van der Waals surface area contributed by atoms with Crippen molar-refractivity contribution in [2.75, 3.05) is 0 Å². The third-order valence-electron chi connectivity index (χ3n) is 10.8. The fourth-order valence-corrected chi connectivity index (χ4v) is 9.41. The van der Waals surface area contributed by atoms with Crippen LogP contribution in [0.2, 0.25) is 0 Å². The Kier molecular flexibility index (Phi) is 5.98. The second kappa shape index (κ2) is 7.90. The van der Waals surface area contributed by atoms with Crippen molar-refractivity contribution >= 4 is 0 Å². The van der Waals surface area contributed by atoms with Crippen molar-refractivity contribution in [2.45, 2.75) is 118 Å². The summed E-state index contributed by atoms with van der Waals surface area (Å²) in [5, 5.41) is 10.7. The molecule has 0 amide bonds. The smallest absolute Gasteiger partial charge is 0.0573 e. The maximum Gasteiger partial charge on any atom is 0.0573 e. The minimum atomic E-state index is -0.00897. The second-order valence-corrected chi connectivity index (χ2v) is 12.6. The Balaban J connectivity index is 1.47. The quantitative estimate of drug-likeness (QED) is 0.518. The minimum Gasteiger partial charge on any atom is -0.393 e. The van der Waals surface area contributed by atoms with E-state index in [1.807, 2.05) is 0 Å². The van der Waals surface area contributed by atoms with E-state index >= 15 is 0 Å². The van der Waals surface area contributed by atoms with E-state index in [1.165, 1.54) is 70.6 Å². The van der Waals surface area contributed by atoms with E-state index in [2.05, 4.69) is 34.6 Å². The molecule has 0 heterocycles. The highest BCUT2D eigenvalue weighted by atomic mass is 16.3. The second-order valence-electron chi connectivity index (χ2n) is 12.6. The highest BCUT2D eigenvalue weighted by Gasteiger charge is 2.61. The van der Waals surface area contributed by atoms with Gasteiger partial charge in [0, 0.05) is 0 Å². The van der Waals surface area contributed by atoms with Gasteiger partial charge in [0.2, 0.25) is 0 Å². The molecule has 0 saturated heterocycles. The minimum absolute atomic E-state index is 0.00897. The van der Waals surface area contributed by atoms with Crippen molar-refractivity contribution in [3.05, 3.63) is 0 Å². The lowest BCUT2D eigenvalue weighted by Crippen LogP contribution is -2.55. The Bertz CT molecular complexity index is 540. The maximum atomic E-state index is 10.7. The summed E-state index contributed by atoms with van der Waals surface area (Å²) in [7, 11) is 0. The molecule has 4 aliphatic rings. The molecule has 162 valence electrons. The third kappa shape index (κ3) is 3.40. The van der Waals surface area contributed by atoms with Crippen LogP contribution in [0.25, 0.3) is 0 Å². The molecule has 1 nitrogen and oxygen atoms in total. The van der Waals surface area contributed by atoms with Crippen molar-refractivity contribution in [1.29, 1.82) is 0 Å². The molecular weight excluding hydrogens is 340 g/mol. The summed E-state index contributed by atoms with van der Waals surface area (Å²) in [6.45, 7) is 12.6. The van der Waals surface area contributed by atoms with E-state index in [0.717, 1.165) is 41.9 Å². The van der Waals surface area contributed by atoms with Gasteiger partial charge in [-0.15, -0.1) is 0 Å². The Labute approximate surface area is 175 Å². The first-order valence-corrected chi connectivity index (χ1v) is 13.0. The van der Waals surface area contributed by atoms with Gasteiger partial charge in [0.05, 0.1) is 6.10 Å². The van der Waals surface area contributed by atoms with Crippen LogP contribution in [-0.2, 0) is 0 Å². The van der Waals surface area contributed by atoms with E-state index in [1.54, 1.807) is 0 Å². The number of rotatable bonds is 5. The van der Waals surface area contributed by atoms with E-state index in [4.69, 9.17) is 0 Å². The highest BCUT2D eigenvalue weighted by molar-refractivity contribution is 5.10. The Morgan fingerprint density at radius 3 is 2.25 bits per heavy atom. The van der Waals surface area contributed by atoms with E-state index in [9.17, 15) is 5.11 Å². The summed E-state index contributed by atoms with van der Waals surface area (Å²) >= 11 is 0. The summed E-state index contributed by atoms with van der Waals surface area (Å²) in [5.74, 6) is 6.16. The molecular formula is C27H48O. The first kappa shape index (κ1) is 21.2. The summed E-state index contributed by atoms with van der Waals surface area (Å²) in [5.41, 5.74) is 1.04. The lowest BCUT2D eigenvalue weighted by atomic mass is 9.44. The van der Waals surface area contributed by atoms with Gasteiger partial charge in [-0.1, -0.05) is 60.3 Å². The summed E-state index contributed by atoms with van der Waals surface area (Å²) in [6.07, 6.45) is 16.6. The van der Waals surface area contributed by atoms with Gasteiger partial charge in [0.25, 0.3) is 0 Å². The Morgan fingerprint density at radius 1 is 0.786 bits per heavy atom. The zero-order valence-electron chi connectivity index (χ0n) is 19.6. The molecule has 0 aromatic carbocycles. The zero-order chi connectivity index (χ0) is 20.1. The molecule has 0 radical (unpaired) electrons. The fraction of sp³-hybridized carbons (Fsp3) is 1.00. The van der Waals surface area contributed by atoms with Gasteiger partial charge < -0.3 is 5.11 Å². The highest BCUT2D eigenvalue weighted by Crippen LogP contribution is 2.68. The number of hydrogen-bond donors (Lipinski definition) is 1. The molecule has 4 saturated carbocycles. The number of fused-ring (bicyclic) bond motifs is 5. The molecule has 9 atom stereocenters. The predicted octanol–water partition coefficient (Wildman–Crippen LogP) is 7.47. The molecule has 4 aliphatic carbocycles. The van der Waals surface area contributed by atoms with Gasteiger partial charge in [-0.05, 0) is 104 Å². The van der Waals surface area contributed by atoms with E-state index in [-0.39, 0.29) is 6.10 Å². The molecule has 0 bridgehead atoms. The monoisotopic (exact) mass is 388 g/mol. The average molecular weight is 389 g/mol. The van der Waals surface area contributed by atoms with Crippen LogP contribution >= 0.6 is 0 Å². The van der Waals surface area contributed by atoms with Crippen LogP contribution in [0.3, 0.4) is 0 Å². The van der Waals surface area contributed by atoms with Crippen LogP contribution < -0.4 is 0 Å². The van der Waals surface area contributed by atoms with Gasteiger partial charge in [-0.25, -0.2) is 0 Å². The Morgan fingerprint density at radius 2 is 1.50 bits per heavy atom. The summed E-state index contributed by atoms with van der Waals surface area (Å²) in [4.78, 5) is 0. The largest absolute Gasteiger partial charge is 0.393 e. The van der Waals surface area contributed by atoms with Crippen molar-refractivity contribution in [3.63, 3.8) is 0 Å². The van der Waals surface area contributed by atoms with Gasteiger partial charge in [0.1, 0.15) is 0 Å². The molecule has 0 aromatic rings. The maximum absolute atomic E-state index is 10.7. The molecule has 0 aliphatic heterocycles. The molecule has 1 N–H and O–H groups in total. The van der Waals surface area contributed by atoms with Crippen LogP contribution in [-0.4, -0.2) is 11.2 Å². The van der Waals surface area contributed by atoms with E-state index in [0.29, 0.717) is 16.7 Å². The van der Waals surface area contributed by atoms with Gasteiger partial charge in [-0.2, -0.15) is 0 Å². The number of hydrogen-bond acceptors (Lipinski definition) is 1. The zero-order valence-corrected chi connectivity index (χ0v) is 19.6. The van der Waals surface area contributed by atoms with Crippen LogP contribution in [0.5, 0.6) is 0 Å². The Hall–Kier alpha value is -0.0400. The van der Waals surface area contributed by atoms with Crippen LogP contribution in [0, 0.1) is 52.3 Å². The van der Waals surface area contributed by atoms with Crippen LogP contribution in [0.15, 0.2) is 0 Å². The van der Waals surface area contributed by atoms with Gasteiger partial charge in [0.15, 0.2) is 0 Å². The number of aliphatic hydroxyl groups excluding tert-OH is 1. The molecule has 1 heteroatoms. The van der Waals surface area contributed by atoms with Crippen molar-refractivity contribution < 1.29 is 5.11 Å². The van der Waals surface area contributed by atoms with E-state index < -0.39 is 0 Å². The molecule has 28 heavy (non-hydrogen) atoms. The molecule has 0 spiro atoms. The van der Waals surface area contributed by atoms with Crippen molar-refractivity contribution in [1.82, 2.24) is 0 Å². The van der Waals surface area contributed by atoms with Gasteiger partial charge in [-0.3, -0.25) is 0 Å². The molecule has 0 unspecified atom stereocenters. The van der Waals surface area contributed by atoms with Gasteiger partial charge >= 0.3 is 0 Å². The molecule has 0 aromatic heterocycles. The lowest BCUT2D eigenvalue weighted by molar-refractivity contribution is -0.145. The molecule has 4 fully saturated rings. The predicted molar refractivity (Wildman–Crippen MR) is 119 cm³/mol. The van der Waals surface area contributed by atoms with Crippen LogP contribution in [0.4, 0.5) is 0 Å². The van der Waals surface area contributed by atoms with Crippen molar-refractivity contribution in [3.8, 4) is 0 Å². The average Bonchev–Trinajstić information content (AvgIpc) is 2.98. The molecule has 4 rings (SSSR count). The fourth-order valence-electron chi connectivity index (χ4n) is 9.41. The SMILES string of the molecule is CC(C)CCC[C@@H](C)[C@@H]1CC[C@@H]2[C@@H]3CC[C@H]4[C@H](O)CCC[C@]4(C)[C@@H]3CC[C@@]21C. The van der Waals surface area contributed by atoms with Crippen LogP contribution in [0.1, 0.15) is 112 Å². The standard InChI is InChI=1S/C27H48O/c1-18(2)8-6-9-19(3)21-13-14-22-20-11-12-24-25(28)10-7-16-26(24,4)23(20)15-17-27(21,22)5/h18-25,28H,6-17H2,1-5H3/t19-,20+,21+,22-,23-,24+,25-,26-,27-/m1/s1. The topological polar surface area (TPSA) is 20.2 Å². The first-order chi connectivity index (χ1) is 13.3. The van der Waals surface area contributed by atoms with Crippen molar-refractivity contribution in [2.24, 2.45) is 52.3 Å². The summed E-state index contributed by atoms with van der Waals surface area (Å²) < 4.78 is 0. The normalized spacial score (nSPS) is 49.4. The lowest BCUT2D eigenvalue weighted by Gasteiger charge is -2.61. The summed E-state index contributed by atoms with van der Waals surface area (Å²) in [6, 6.07) is 0. The third-order valence-corrected chi connectivity index (χ3v) is 10.8. The number of aliphatic hydroxyl groups is 1. The first-order valence-electron chi connectivity index (χ1n) is 13.0.